The molecule has 0 amide bonds. The number of nitrogens with zero attached hydrogens (tertiary/aromatic N) is 1. The first kappa shape index (κ1) is 20.2. The van der Waals surface area contributed by atoms with Crippen LogP contribution < -0.4 is 0 Å². The summed E-state index contributed by atoms with van der Waals surface area (Å²) in [6.45, 7) is 3.52. The molecule has 0 N–H and O–H groups in total. The number of Topliss-reactive ketones (excluding diaryl/α,β-unsaturated/α-hetero) is 1. The van der Waals surface area contributed by atoms with Crippen molar-refractivity contribution in [2.24, 2.45) is 0 Å². The minimum atomic E-state index is -1.60. The topological polar surface area (TPSA) is 20.3 Å². The zero-order chi connectivity index (χ0) is 19.5. The van der Waals surface area contributed by atoms with Crippen molar-refractivity contribution in [3.05, 3.63) is 71.0 Å². The Morgan fingerprint density at radius 1 is 1.04 bits per heavy atom. The zero-order valence-corrected chi connectivity index (χ0v) is 15.5. The predicted molar refractivity (Wildman–Crippen MR) is 96.6 cm³/mol. The van der Waals surface area contributed by atoms with Crippen LogP contribution in [0, 0.1) is 17.5 Å². The first-order valence-corrected chi connectivity index (χ1v) is 8.64. The van der Waals surface area contributed by atoms with Crippen molar-refractivity contribution in [3.63, 3.8) is 0 Å². The second kappa shape index (κ2) is 8.04. The van der Waals surface area contributed by atoms with Crippen LogP contribution in [-0.4, -0.2) is 30.8 Å². The van der Waals surface area contributed by atoms with E-state index in [1.165, 1.54) is 0 Å². The van der Waals surface area contributed by atoms with E-state index in [1.807, 2.05) is 25.9 Å². The molecule has 0 aliphatic carbocycles. The molecule has 2 aromatic carbocycles. The van der Waals surface area contributed by atoms with Gasteiger partial charge in [-0.25, -0.2) is 13.2 Å². The second-order valence-corrected chi connectivity index (χ2v) is 6.78. The summed E-state index contributed by atoms with van der Waals surface area (Å²) in [6.07, 6.45) is 0.207. The lowest BCUT2D eigenvalue weighted by molar-refractivity contribution is -0.123. The van der Waals surface area contributed by atoms with Crippen LogP contribution in [0.15, 0.2) is 42.5 Å². The minimum Gasteiger partial charge on any atom is -0.307 e. The summed E-state index contributed by atoms with van der Waals surface area (Å²) < 4.78 is 43.6. The molecule has 5 heteroatoms. The van der Waals surface area contributed by atoms with E-state index in [4.69, 9.17) is 0 Å². The monoisotopic (exact) mass is 363 g/mol. The molecule has 0 fully saturated rings. The van der Waals surface area contributed by atoms with Gasteiger partial charge in [-0.3, -0.25) is 4.79 Å². The van der Waals surface area contributed by atoms with Crippen LogP contribution in [0.3, 0.4) is 0 Å². The average molecular weight is 363 g/mol. The number of hydrogen-bond donors (Lipinski definition) is 0. The van der Waals surface area contributed by atoms with Crippen LogP contribution in [-0.2, 0) is 10.2 Å². The highest BCUT2D eigenvalue weighted by Gasteiger charge is 2.46. The number of halogens is 3. The van der Waals surface area contributed by atoms with Crippen molar-refractivity contribution in [3.8, 4) is 0 Å². The van der Waals surface area contributed by atoms with Crippen molar-refractivity contribution in [2.75, 3.05) is 14.1 Å². The normalized spacial score (nSPS) is 14.9. The lowest BCUT2D eigenvalue weighted by Crippen LogP contribution is -2.44. The molecular formula is C21H24F3NO. The van der Waals surface area contributed by atoms with E-state index >= 15 is 0 Å². The molecule has 0 spiro atoms. The first-order valence-electron chi connectivity index (χ1n) is 8.64. The Hall–Kier alpha value is -2.14. The third-order valence-corrected chi connectivity index (χ3v) is 5.02. The Labute approximate surface area is 152 Å². The Morgan fingerprint density at radius 3 is 2.15 bits per heavy atom. The van der Waals surface area contributed by atoms with Crippen molar-refractivity contribution in [2.45, 2.75) is 38.1 Å². The number of rotatable bonds is 7. The SMILES string of the molecule is CCC(=O)[C@@](C[C@H](C)N(C)C)(c1ccccc1)c1c(F)ccc(F)c1F. The molecule has 0 aliphatic rings. The van der Waals surface area contributed by atoms with Crippen LogP contribution in [0.4, 0.5) is 13.2 Å². The van der Waals surface area contributed by atoms with Crippen LogP contribution in [0.1, 0.15) is 37.8 Å². The van der Waals surface area contributed by atoms with Gasteiger partial charge in [0.15, 0.2) is 11.6 Å². The second-order valence-electron chi connectivity index (χ2n) is 6.78. The van der Waals surface area contributed by atoms with Gasteiger partial charge < -0.3 is 4.90 Å². The first-order chi connectivity index (χ1) is 12.3. The molecule has 2 nitrogen and oxygen atoms in total. The van der Waals surface area contributed by atoms with E-state index < -0.39 is 28.4 Å². The van der Waals surface area contributed by atoms with Crippen LogP contribution >= 0.6 is 0 Å². The molecule has 0 unspecified atom stereocenters. The van der Waals surface area contributed by atoms with E-state index in [-0.39, 0.29) is 24.7 Å². The molecule has 0 radical (unpaired) electrons. The Bertz CT molecular complexity index is 776. The smallest absolute Gasteiger partial charge is 0.166 e. The van der Waals surface area contributed by atoms with E-state index in [1.54, 1.807) is 37.3 Å². The maximum Gasteiger partial charge on any atom is 0.166 e. The van der Waals surface area contributed by atoms with Crippen molar-refractivity contribution in [1.29, 1.82) is 0 Å². The molecule has 0 aromatic heterocycles. The van der Waals surface area contributed by atoms with Crippen molar-refractivity contribution < 1.29 is 18.0 Å². The third-order valence-electron chi connectivity index (χ3n) is 5.02. The molecule has 2 rings (SSSR count). The molecule has 0 saturated carbocycles. The fourth-order valence-electron chi connectivity index (χ4n) is 3.35. The summed E-state index contributed by atoms with van der Waals surface area (Å²) >= 11 is 0. The molecule has 0 saturated heterocycles. The number of carbonyl (C=O) groups is 1. The van der Waals surface area contributed by atoms with Crippen LogP contribution in [0.25, 0.3) is 0 Å². The van der Waals surface area contributed by atoms with Gasteiger partial charge >= 0.3 is 0 Å². The maximum atomic E-state index is 14.8. The van der Waals surface area contributed by atoms with Crippen LogP contribution in [0.2, 0.25) is 0 Å². The lowest BCUT2D eigenvalue weighted by atomic mass is 9.66. The third kappa shape index (κ3) is 3.54. The minimum absolute atomic E-state index is 0.0738. The van der Waals surface area contributed by atoms with E-state index in [9.17, 15) is 18.0 Å². The van der Waals surface area contributed by atoms with Gasteiger partial charge in [-0.05, 0) is 45.1 Å². The summed E-state index contributed by atoms with van der Waals surface area (Å²) in [5.41, 5.74) is -1.65. The van der Waals surface area contributed by atoms with Gasteiger partial charge in [0.2, 0.25) is 0 Å². The highest BCUT2D eigenvalue weighted by Crippen LogP contribution is 2.42. The van der Waals surface area contributed by atoms with Gasteiger partial charge in [-0.2, -0.15) is 0 Å². The van der Waals surface area contributed by atoms with Gasteiger partial charge in [0.25, 0.3) is 0 Å². The summed E-state index contributed by atoms with van der Waals surface area (Å²) in [5, 5.41) is 0. The summed E-state index contributed by atoms with van der Waals surface area (Å²) in [6, 6.07) is 9.97. The van der Waals surface area contributed by atoms with E-state index in [2.05, 4.69) is 0 Å². The van der Waals surface area contributed by atoms with Crippen molar-refractivity contribution >= 4 is 5.78 Å². The van der Waals surface area contributed by atoms with Gasteiger partial charge in [-0.1, -0.05) is 37.3 Å². The van der Waals surface area contributed by atoms with E-state index in [0.29, 0.717) is 5.56 Å². The number of benzene rings is 2. The molecule has 2 aromatic rings. The molecule has 0 heterocycles. The largest absolute Gasteiger partial charge is 0.307 e. The lowest BCUT2D eigenvalue weighted by Gasteiger charge is -2.37. The highest BCUT2D eigenvalue weighted by molar-refractivity contribution is 5.94. The highest BCUT2D eigenvalue weighted by atomic mass is 19.2. The number of hydrogen-bond acceptors (Lipinski definition) is 2. The van der Waals surface area contributed by atoms with Crippen molar-refractivity contribution in [1.82, 2.24) is 4.90 Å². The average Bonchev–Trinajstić information content (AvgIpc) is 2.63. The molecule has 0 bridgehead atoms. The van der Waals surface area contributed by atoms with Gasteiger partial charge in [0, 0.05) is 18.0 Å². The quantitative estimate of drug-likeness (QED) is 0.664. The number of ketones is 1. The molecule has 26 heavy (non-hydrogen) atoms. The summed E-state index contributed by atoms with van der Waals surface area (Å²) in [5.74, 6) is -3.73. The predicted octanol–water partition coefficient (Wildman–Crippen LogP) is 4.71. The van der Waals surface area contributed by atoms with Crippen LogP contribution in [0.5, 0.6) is 0 Å². The fraction of sp³-hybridized carbons (Fsp3) is 0.381. The molecule has 2 atom stereocenters. The Balaban J connectivity index is 2.88. The standard InChI is InChI=1S/C21H24F3NO/c1-5-18(26)21(13-14(2)25(3)4,15-9-7-6-8-10-15)19-16(22)11-12-17(23)20(19)24/h6-12,14H,5,13H2,1-4H3/t14-,21+/m0/s1. The Morgan fingerprint density at radius 2 is 1.62 bits per heavy atom. The van der Waals surface area contributed by atoms with Gasteiger partial charge in [0.1, 0.15) is 11.6 Å². The van der Waals surface area contributed by atoms with Gasteiger partial charge in [0.05, 0.1) is 5.41 Å². The zero-order valence-electron chi connectivity index (χ0n) is 15.5. The fourth-order valence-corrected chi connectivity index (χ4v) is 3.35. The molecule has 140 valence electrons. The molecular weight excluding hydrogens is 339 g/mol. The van der Waals surface area contributed by atoms with Gasteiger partial charge in [-0.15, -0.1) is 0 Å². The summed E-state index contributed by atoms with van der Waals surface area (Å²) in [4.78, 5) is 15.0. The maximum absolute atomic E-state index is 14.8. The Kier molecular flexibility index (Phi) is 6.24. The number of carbonyl (C=O) groups excluding carboxylic acids is 1. The van der Waals surface area contributed by atoms with E-state index in [0.717, 1.165) is 12.1 Å². The molecule has 0 aliphatic heterocycles. The summed E-state index contributed by atoms with van der Waals surface area (Å²) in [7, 11) is 3.66.